The molecule has 1 N–H and O–H groups in total. The first-order chi connectivity index (χ1) is 5.56. The van der Waals surface area contributed by atoms with Gasteiger partial charge in [0.15, 0.2) is 6.73 Å². The summed E-state index contributed by atoms with van der Waals surface area (Å²) in [5.74, 6) is 0. The summed E-state index contributed by atoms with van der Waals surface area (Å²) in [5.41, 5.74) is 0. The Labute approximate surface area is 72.1 Å². The van der Waals surface area contributed by atoms with Crippen LogP contribution in [0.25, 0.3) is 0 Å². The Morgan fingerprint density at radius 3 is 2.33 bits per heavy atom. The zero-order valence-corrected chi connectivity index (χ0v) is 7.74. The molecule has 0 bridgehead atoms. The van der Waals surface area contributed by atoms with E-state index in [-0.39, 0.29) is 11.2 Å². The molecule has 1 unspecified atom stereocenters. The number of carbonyl (C=O) groups is 1. The van der Waals surface area contributed by atoms with Crippen molar-refractivity contribution in [1.82, 2.24) is 0 Å². The molecule has 0 aliphatic heterocycles. The average molecular weight is 178 g/mol. The van der Waals surface area contributed by atoms with Crippen molar-refractivity contribution in [1.29, 1.82) is 0 Å². The van der Waals surface area contributed by atoms with Gasteiger partial charge in [0.1, 0.15) is 6.54 Å². The number of quaternary nitrogens is 1. The van der Waals surface area contributed by atoms with Crippen molar-refractivity contribution in [2.24, 2.45) is 0 Å². The monoisotopic (exact) mass is 178 g/mol. The maximum atomic E-state index is 10.8. The number of hydrogen-bond donors (Lipinski definition) is 1. The van der Waals surface area contributed by atoms with Gasteiger partial charge in [0.05, 0.1) is 13.7 Å². The Kier molecular flexibility index (Phi) is 4.80. The van der Waals surface area contributed by atoms with Crippen LogP contribution in [0.5, 0.6) is 0 Å². The van der Waals surface area contributed by atoms with E-state index in [1.165, 1.54) is 7.11 Å². The first-order valence-corrected chi connectivity index (χ1v) is 3.62. The number of amides is 1. The Morgan fingerprint density at radius 2 is 2.00 bits per heavy atom. The van der Waals surface area contributed by atoms with Gasteiger partial charge in [0.2, 0.25) is 0 Å². The van der Waals surface area contributed by atoms with E-state index < -0.39 is 6.09 Å². The highest BCUT2D eigenvalue weighted by molar-refractivity contribution is 5.56. The van der Waals surface area contributed by atoms with Gasteiger partial charge >= 0.3 is 6.09 Å². The fraction of sp³-hybridized carbons (Fsp3) is 0.857. The lowest BCUT2D eigenvalue weighted by atomic mass is 10.5. The van der Waals surface area contributed by atoms with Crippen molar-refractivity contribution in [2.75, 3.05) is 41.1 Å². The summed E-state index contributed by atoms with van der Waals surface area (Å²) < 4.78 is 9.42. The van der Waals surface area contributed by atoms with Crippen LogP contribution in [0.3, 0.4) is 0 Å². The summed E-state index contributed by atoms with van der Waals surface area (Å²) >= 11 is 0. The van der Waals surface area contributed by atoms with E-state index in [4.69, 9.17) is 14.6 Å². The fourth-order valence-electron chi connectivity index (χ4n) is 0.793. The predicted octanol–water partition coefficient (Wildman–Crippen LogP) is 0.361. The number of rotatable bonds is 5. The third-order valence-corrected chi connectivity index (χ3v) is 1.66. The second-order valence-electron chi connectivity index (χ2n) is 2.81. The van der Waals surface area contributed by atoms with Gasteiger partial charge in [-0.25, -0.2) is 4.48 Å². The third-order valence-electron chi connectivity index (χ3n) is 1.66. The number of carboxylic acid groups (broad SMARTS) is 1. The Bertz CT molecular complexity index is 150. The molecular weight excluding hydrogens is 162 g/mol. The molecular formula is C7H16NO4+. The van der Waals surface area contributed by atoms with Crippen LogP contribution in [-0.4, -0.2) is 56.8 Å². The zero-order chi connectivity index (χ0) is 9.61. The minimum Gasteiger partial charge on any atom is -0.435 e. The molecule has 0 saturated carbocycles. The van der Waals surface area contributed by atoms with Crippen LogP contribution in [-0.2, 0) is 9.47 Å². The molecule has 1 amide bonds. The van der Waals surface area contributed by atoms with Gasteiger partial charge in [-0.2, -0.15) is 4.79 Å². The van der Waals surface area contributed by atoms with Gasteiger partial charge in [0, 0.05) is 14.2 Å². The molecule has 0 fully saturated rings. The van der Waals surface area contributed by atoms with E-state index in [1.807, 2.05) is 0 Å². The van der Waals surface area contributed by atoms with Crippen molar-refractivity contribution in [3.63, 3.8) is 0 Å². The second-order valence-corrected chi connectivity index (χ2v) is 2.81. The van der Waals surface area contributed by atoms with Crippen molar-refractivity contribution in [3.8, 4) is 0 Å². The topological polar surface area (TPSA) is 55.8 Å². The zero-order valence-electron chi connectivity index (χ0n) is 7.74. The minimum absolute atomic E-state index is 0.151. The minimum atomic E-state index is -0.908. The van der Waals surface area contributed by atoms with Gasteiger partial charge in [-0.1, -0.05) is 0 Å². The van der Waals surface area contributed by atoms with E-state index in [9.17, 15) is 4.79 Å². The fourth-order valence-corrected chi connectivity index (χ4v) is 0.793. The van der Waals surface area contributed by atoms with E-state index in [0.29, 0.717) is 13.2 Å². The number of methoxy groups -OCH3 is 2. The highest BCUT2D eigenvalue weighted by atomic mass is 16.5. The summed E-state index contributed by atoms with van der Waals surface area (Å²) in [6.07, 6.45) is -0.908. The molecule has 0 saturated heterocycles. The Morgan fingerprint density at radius 1 is 1.42 bits per heavy atom. The maximum Gasteiger partial charge on any atom is 0.515 e. The van der Waals surface area contributed by atoms with Crippen LogP contribution >= 0.6 is 0 Å². The number of ether oxygens (including phenoxy) is 2. The lowest BCUT2D eigenvalue weighted by Crippen LogP contribution is -2.51. The third kappa shape index (κ3) is 3.17. The summed E-state index contributed by atoms with van der Waals surface area (Å²) in [7, 11) is 4.61. The van der Waals surface area contributed by atoms with Gasteiger partial charge < -0.3 is 14.6 Å². The first-order valence-electron chi connectivity index (χ1n) is 3.62. The number of likely N-dealkylation sites (N-methyl/N-ethyl adjacent to an activating group) is 1. The smallest absolute Gasteiger partial charge is 0.435 e. The van der Waals surface area contributed by atoms with E-state index in [1.54, 1.807) is 14.2 Å². The van der Waals surface area contributed by atoms with Gasteiger partial charge in [-0.05, 0) is 0 Å². The summed E-state index contributed by atoms with van der Waals surface area (Å²) in [6.45, 7) is 0.963. The molecule has 0 radical (unpaired) electrons. The molecule has 5 heteroatoms. The molecule has 1 atom stereocenters. The van der Waals surface area contributed by atoms with Gasteiger partial charge in [0.25, 0.3) is 0 Å². The molecule has 5 nitrogen and oxygen atoms in total. The molecule has 0 rings (SSSR count). The van der Waals surface area contributed by atoms with Crippen LogP contribution in [0.4, 0.5) is 4.79 Å². The molecule has 0 spiro atoms. The summed E-state index contributed by atoms with van der Waals surface area (Å²) in [6, 6.07) is 0. The second kappa shape index (κ2) is 5.08. The quantitative estimate of drug-likeness (QED) is 0.488. The highest BCUT2D eigenvalue weighted by Crippen LogP contribution is 2.02. The van der Waals surface area contributed by atoms with Crippen molar-refractivity contribution < 1.29 is 23.9 Å². The molecule has 0 aliphatic rings. The van der Waals surface area contributed by atoms with Crippen LogP contribution in [0, 0.1) is 0 Å². The van der Waals surface area contributed by atoms with Gasteiger partial charge in [-0.15, -0.1) is 0 Å². The first kappa shape index (κ1) is 11.4. The van der Waals surface area contributed by atoms with Crippen LogP contribution in [0.2, 0.25) is 0 Å². The normalized spacial score (nSPS) is 15.6. The standard InChI is InChI=1S/C7H15NO4/c1-8(6-12-3,7(9)10)4-5-11-2/h4-6H2,1-3H3/p+1. The Hall–Kier alpha value is -0.650. The largest absolute Gasteiger partial charge is 0.515 e. The Balaban J connectivity index is 4.08. The lowest BCUT2D eigenvalue weighted by Gasteiger charge is -2.26. The number of nitrogens with zero attached hydrogens (tertiary/aromatic N) is 1. The van der Waals surface area contributed by atoms with E-state index in [0.717, 1.165) is 0 Å². The van der Waals surface area contributed by atoms with Gasteiger partial charge in [-0.3, -0.25) is 0 Å². The van der Waals surface area contributed by atoms with Crippen LogP contribution < -0.4 is 0 Å². The molecule has 0 aromatic heterocycles. The molecule has 0 aromatic rings. The highest BCUT2D eigenvalue weighted by Gasteiger charge is 2.30. The summed E-state index contributed by atoms with van der Waals surface area (Å²) in [4.78, 5) is 10.8. The van der Waals surface area contributed by atoms with Crippen molar-refractivity contribution >= 4 is 6.09 Å². The molecule has 0 heterocycles. The molecule has 0 aliphatic carbocycles. The molecule has 0 aromatic carbocycles. The van der Waals surface area contributed by atoms with Crippen molar-refractivity contribution in [3.05, 3.63) is 0 Å². The number of hydrogen-bond acceptors (Lipinski definition) is 3. The predicted molar refractivity (Wildman–Crippen MR) is 42.8 cm³/mol. The molecule has 72 valence electrons. The molecule has 12 heavy (non-hydrogen) atoms. The van der Waals surface area contributed by atoms with E-state index in [2.05, 4.69) is 0 Å². The van der Waals surface area contributed by atoms with Crippen LogP contribution in [0.15, 0.2) is 0 Å². The average Bonchev–Trinajstić information content (AvgIpc) is 2.01. The van der Waals surface area contributed by atoms with Crippen molar-refractivity contribution in [2.45, 2.75) is 0 Å². The maximum absolute atomic E-state index is 10.8. The SMILES string of the molecule is COCC[N+](C)(COC)C(=O)O. The van der Waals surface area contributed by atoms with Crippen LogP contribution in [0.1, 0.15) is 0 Å². The summed E-state index contributed by atoms with van der Waals surface area (Å²) in [5, 5.41) is 8.83. The lowest BCUT2D eigenvalue weighted by molar-refractivity contribution is -0.858. The van der Waals surface area contributed by atoms with E-state index >= 15 is 0 Å².